The van der Waals surface area contributed by atoms with Crippen LogP contribution in [-0.4, -0.2) is 101 Å². The van der Waals surface area contributed by atoms with Gasteiger partial charge in [0.2, 0.25) is 5.91 Å². The number of anilines is 5. The van der Waals surface area contributed by atoms with Crippen LogP contribution in [-0.2, 0) is 16.7 Å². The Balaban J connectivity index is 0.992. The van der Waals surface area contributed by atoms with E-state index in [9.17, 15) is 4.79 Å². The van der Waals surface area contributed by atoms with Crippen LogP contribution in [0.25, 0.3) is 11.1 Å². The Morgan fingerprint density at radius 3 is 2.38 bits per heavy atom. The molecule has 4 aromatic rings. The average molecular weight is 705 g/mol. The molecular weight excluding hydrogens is 656 g/mol. The standard InChI is InChI=1S/C39H48N10O3/c1-4-39(50)44-32-21-33(36(51-3)22-35(32)48-13-10-31(11-14-48)47-17-15-46(16-18-47)30-8-9-30)43-37-23-38(41-26-40-37)49-34(12-19-52-49)28-7-5-6-27(20-28)29-24-42-45(2)25-29/h4-7,20-26,30-31,34H,1,8-19H2,2-3H3,(H,44,50)(H,40,41,43). The van der Waals surface area contributed by atoms with Gasteiger partial charge in [-0.2, -0.15) is 5.10 Å². The second kappa shape index (κ2) is 14.9. The molecule has 5 heterocycles. The number of hydrogen-bond acceptors (Lipinski definition) is 11. The SMILES string of the molecule is C=CC(=O)Nc1cc(Nc2cc(N3OCCC3c3cccc(-c4cnn(C)c4)c3)ncn2)c(OC)cc1N1CCC(N2CCN(C3CC3)CC2)CC1. The number of hydrogen-bond donors (Lipinski definition) is 2. The fourth-order valence-electron chi connectivity index (χ4n) is 7.93. The third-order valence-corrected chi connectivity index (χ3v) is 10.9. The summed E-state index contributed by atoms with van der Waals surface area (Å²) < 4.78 is 7.73. The van der Waals surface area contributed by atoms with E-state index in [0.717, 1.165) is 73.9 Å². The summed E-state index contributed by atoms with van der Waals surface area (Å²) in [6, 6.07) is 15.7. The highest BCUT2D eigenvalue weighted by Crippen LogP contribution is 2.41. The minimum absolute atomic E-state index is 0.0228. The predicted molar refractivity (Wildman–Crippen MR) is 203 cm³/mol. The van der Waals surface area contributed by atoms with E-state index >= 15 is 0 Å². The second-order valence-electron chi connectivity index (χ2n) is 14.2. The van der Waals surface area contributed by atoms with E-state index in [1.165, 1.54) is 38.3 Å². The lowest BCUT2D eigenvalue weighted by molar-refractivity contribution is -0.111. The summed E-state index contributed by atoms with van der Waals surface area (Å²) in [4.78, 5) is 35.6. The molecule has 1 saturated carbocycles. The number of methoxy groups -OCH3 is 1. The number of carbonyl (C=O) groups excluding carboxylic acids is 1. The van der Waals surface area contributed by atoms with Crippen molar-refractivity contribution in [1.29, 1.82) is 0 Å². The van der Waals surface area contributed by atoms with Crippen LogP contribution in [0.5, 0.6) is 5.75 Å². The van der Waals surface area contributed by atoms with Crippen LogP contribution in [0.1, 0.15) is 43.7 Å². The molecule has 1 atom stereocenters. The third kappa shape index (κ3) is 7.34. The van der Waals surface area contributed by atoms with Gasteiger partial charge in [-0.15, -0.1) is 0 Å². The normalized spacial score (nSPS) is 20.2. The molecule has 52 heavy (non-hydrogen) atoms. The number of aromatic nitrogens is 4. The first kappa shape index (κ1) is 34.1. The van der Waals surface area contributed by atoms with E-state index in [1.54, 1.807) is 7.11 Å². The first-order valence-electron chi connectivity index (χ1n) is 18.4. The van der Waals surface area contributed by atoms with Crippen molar-refractivity contribution in [1.82, 2.24) is 29.5 Å². The topological polar surface area (TPSA) is 116 Å². The molecule has 2 N–H and O–H groups in total. The molecule has 0 bridgehead atoms. The van der Waals surface area contributed by atoms with E-state index in [2.05, 4.69) is 71.2 Å². The van der Waals surface area contributed by atoms with Gasteiger partial charge in [-0.1, -0.05) is 24.8 Å². The van der Waals surface area contributed by atoms with Gasteiger partial charge in [0.1, 0.15) is 17.9 Å². The summed E-state index contributed by atoms with van der Waals surface area (Å²) in [5, 5.41) is 12.7. The Morgan fingerprint density at radius 1 is 0.923 bits per heavy atom. The van der Waals surface area contributed by atoms with Crippen molar-refractivity contribution in [3.63, 3.8) is 0 Å². The molecule has 2 aromatic carbocycles. The molecule has 2 aromatic heterocycles. The predicted octanol–water partition coefficient (Wildman–Crippen LogP) is 5.39. The Kier molecular flexibility index (Phi) is 9.80. The average Bonchev–Trinajstić information content (AvgIpc) is 3.75. The van der Waals surface area contributed by atoms with E-state index in [4.69, 9.17) is 9.57 Å². The summed E-state index contributed by atoms with van der Waals surface area (Å²) in [5.41, 5.74) is 5.59. The number of amides is 1. The van der Waals surface area contributed by atoms with Crippen LogP contribution in [0.15, 0.2) is 73.8 Å². The molecular formula is C39H48N10O3. The van der Waals surface area contributed by atoms with Gasteiger partial charge < -0.3 is 20.3 Å². The zero-order valence-corrected chi connectivity index (χ0v) is 30.1. The number of ether oxygens (including phenoxy) is 1. The van der Waals surface area contributed by atoms with Crippen molar-refractivity contribution >= 4 is 34.6 Å². The third-order valence-electron chi connectivity index (χ3n) is 10.9. The fraction of sp³-hybridized carbons (Fsp3) is 0.436. The Hall–Kier alpha value is -4.98. The second-order valence-corrected chi connectivity index (χ2v) is 14.2. The summed E-state index contributed by atoms with van der Waals surface area (Å²) in [6.45, 7) is 10.8. The maximum atomic E-state index is 12.7. The number of nitrogens with one attached hydrogen (secondary N) is 2. The lowest BCUT2D eigenvalue weighted by Crippen LogP contribution is -2.53. The monoisotopic (exact) mass is 704 g/mol. The lowest BCUT2D eigenvalue weighted by atomic mass is 9.99. The van der Waals surface area contributed by atoms with Crippen LogP contribution in [0.3, 0.4) is 0 Å². The van der Waals surface area contributed by atoms with Crippen LogP contribution >= 0.6 is 0 Å². The highest BCUT2D eigenvalue weighted by molar-refractivity contribution is 6.02. The highest BCUT2D eigenvalue weighted by Gasteiger charge is 2.34. The summed E-state index contributed by atoms with van der Waals surface area (Å²) in [7, 11) is 3.58. The number of aryl methyl sites for hydroxylation is 1. The molecule has 13 nitrogen and oxygen atoms in total. The van der Waals surface area contributed by atoms with Gasteiger partial charge in [-0.25, -0.2) is 15.0 Å². The molecule has 13 heteroatoms. The summed E-state index contributed by atoms with van der Waals surface area (Å²) >= 11 is 0. The highest BCUT2D eigenvalue weighted by atomic mass is 16.7. The molecule has 0 spiro atoms. The number of benzene rings is 2. The zero-order chi connectivity index (χ0) is 35.6. The largest absolute Gasteiger partial charge is 0.494 e. The van der Waals surface area contributed by atoms with Gasteiger partial charge in [-0.05, 0) is 55.0 Å². The molecule has 1 aliphatic carbocycles. The van der Waals surface area contributed by atoms with Crippen molar-refractivity contribution in [2.24, 2.45) is 7.05 Å². The number of carbonyl (C=O) groups is 1. The Bertz CT molecular complexity index is 1890. The number of hydroxylamine groups is 1. The van der Waals surface area contributed by atoms with Crippen LogP contribution < -0.4 is 25.3 Å². The minimum atomic E-state index is -0.269. The molecule has 4 fully saturated rings. The van der Waals surface area contributed by atoms with E-state index < -0.39 is 0 Å². The van der Waals surface area contributed by atoms with Gasteiger partial charge in [0.15, 0.2) is 5.82 Å². The maximum Gasteiger partial charge on any atom is 0.247 e. The van der Waals surface area contributed by atoms with E-state index in [0.29, 0.717) is 41.4 Å². The molecule has 0 radical (unpaired) electrons. The molecule has 272 valence electrons. The number of rotatable bonds is 11. The van der Waals surface area contributed by atoms with Gasteiger partial charge in [-0.3, -0.25) is 24.1 Å². The van der Waals surface area contributed by atoms with Gasteiger partial charge in [0.05, 0.1) is 43.0 Å². The van der Waals surface area contributed by atoms with E-state index in [-0.39, 0.29) is 11.9 Å². The molecule has 4 aliphatic rings. The maximum absolute atomic E-state index is 12.7. The quantitative estimate of drug-likeness (QED) is 0.196. The molecule has 1 amide bonds. The zero-order valence-electron chi connectivity index (χ0n) is 30.1. The van der Waals surface area contributed by atoms with Gasteiger partial charge in [0, 0.05) is 88.7 Å². The number of piperazine rings is 1. The van der Waals surface area contributed by atoms with E-state index in [1.807, 2.05) is 47.4 Å². The lowest BCUT2D eigenvalue weighted by Gasteiger charge is -2.43. The van der Waals surface area contributed by atoms with Crippen LogP contribution in [0.2, 0.25) is 0 Å². The smallest absolute Gasteiger partial charge is 0.247 e. The minimum Gasteiger partial charge on any atom is -0.494 e. The van der Waals surface area contributed by atoms with Crippen LogP contribution in [0.4, 0.5) is 28.7 Å². The first-order chi connectivity index (χ1) is 25.4. The van der Waals surface area contributed by atoms with Crippen molar-refractivity contribution in [3.8, 4) is 16.9 Å². The Morgan fingerprint density at radius 2 is 1.69 bits per heavy atom. The van der Waals surface area contributed by atoms with Crippen molar-refractivity contribution in [2.75, 3.05) is 73.6 Å². The molecule has 8 rings (SSSR count). The summed E-state index contributed by atoms with van der Waals surface area (Å²) in [5.74, 6) is 1.58. The first-order valence-corrected chi connectivity index (χ1v) is 18.4. The van der Waals surface area contributed by atoms with Crippen LogP contribution in [0, 0.1) is 0 Å². The van der Waals surface area contributed by atoms with Gasteiger partial charge in [0.25, 0.3) is 0 Å². The molecule has 1 unspecified atom stereocenters. The number of piperidine rings is 1. The summed E-state index contributed by atoms with van der Waals surface area (Å²) in [6.07, 6.45) is 12.4. The molecule has 3 aliphatic heterocycles. The van der Waals surface area contributed by atoms with Gasteiger partial charge >= 0.3 is 0 Å². The fourth-order valence-corrected chi connectivity index (χ4v) is 7.93. The van der Waals surface area contributed by atoms with Crippen molar-refractivity contribution in [2.45, 2.75) is 50.2 Å². The van der Waals surface area contributed by atoms with Crippen molar-refractivity contribution in [3.05, 3.63) is 79.4 Å². The van der Waals surface area contributed by atoms with Crippen molar-refractivity contribution < 1.29 is 14.4 Å². The number of nitrogens with zero attached hydrogens (tertiary/aromatic N) is 8. The Labute approximate surface area is 305 Å². The molecule has 3 saturated heterocycles.